The maximum Gasteiger partial charge on any atom is 0.254 e. The Kier molecular flexibility index (Phi) is 4.43. The summed E-state index contributed by atoms with van der Waals surface area (Å²) in [5.41, 5.74) is 1.36. The fourth-order valence-electron chi connectivity index (χ4n) is 5.94. The first-order chi connectivity index (χ1) is 13.2. The van der Waals surface area contributed by atoms with Crippen LogP contribution >= 0.6 is 0 Å². The van der Waals surface area contributed by atoms with Crippen LogP contribution in [0, 0.1) is 17.8 Å². The fourth-order valence-corrected chi connectivity index (χ4v) is 5.94. The van der Waals surface area contributed by atoms with Gasteiger partial charge in [-0.2, -0.15) is 0 Å². The molecule has 3 heterocycles. The number of anilines is 1. The average molecular weight is 368 g/mol. The summed E-state index contributed by atoms with van der Waals surface area (Å²) in [4.78, 5) is 27.7. The average Bonchev–Trinajstić information content (AvgIpc) is 3.13. The van der Waals surface area contributed by atoms with Crippen molar-refractivity contribution in [2.45, 2.75) is 57.1 Å². The number of rotatable bonds is 3. The van der Waals surface area contributed by atoms with Gasteiger partial charge in [-0.1, -0.05) is 6.07 Å². The fraction of sp³-hybridized carbons (Fsp3) is 0.636. The Balaban J connectivity index is 1.32. The molecule has 6 rings (SSSR count). The third-order valence-electron chi connectivity index (χ3n) is 6.97. The van der Waals surface area contributed by atoms with E-state index in [1.54, 1.807) is 0 Å². The van der Waals surface area contributed by atoms with Gasteiger partial charge in [0.2, 0.25) is 0 Å². The van der Waals surface area contributed by atoms with Crippen LogP contribution in [0.5, 0.6) is 0 Å². The minimum absolute atomic E-state index is 0.109. The smallest absolute Gasteiger partial charge is 0.254 e. The minimum atomic E-state index is -0.360. The van der Waals surface area contributed by atoms with Crippen LogP contribution in [0.4, 0.5) is 5.69 Å². The highest BCUT2D eigenvalue weighted by Gasteiger charge is 2.44. The molecule has 3 aliphatic heterocycles. The van der Waals surface area contributed by atoms with Crippen molar-refractivity contribution < 1.29 is 14.3 Å². The second-order valence-electron chi connectivity index (χ2n) is 8.96. The summed E-state index contributed by atoms with van der Waals surface area (Å²) in [7, 11) is 0. The number of benzene rings is 1. The molecule has 2 saturated carbocycles. The number of nitrogens with one attached hydrogen (secondary N) is 1. The zero-order valence-electron chi connectivity index (χ0n) is 15.7. The highest BCUT2D eigenvalue weighted by molar-refractivity contribution is 5.98. The Bertz CT molecular complexity index is 729. The van der Waals surface area contributed by atoms with Gasteiger partial charge in [0.25, 0.3) is 11.8 Å². The summed E-state index contributed by atoms with van der Waals surface area (Å²) < 4.78 is 5.45. The topological polar surface area (TPSA) is 58.6 Å². The van der Waals surface area contributed by atoms with E-state index in [0.717, 1.165) is 31.2 Å². The molecule has 0 radical (unpaired) electrons. The van der Waals surface area contributed by atoms with Crippen LogP contribution in [0.15, 0.2) is 24.3 Å². The third-order valence-corrected chi connectivity index (χ3v) is 6.97. The van der Waals surface area contributed by atoms with E-state index in [-0.39, 0.29) is 17.9 Å². The predicted molar refractivity (Wildman–Crippen MR) is 102 cm³/mol. The van der Waals surface area contributed by atoms with Crippen LogP contribution in [0.25, 0.3) is 0 Å². The number of fused-ring (bicyclic) bond motifs is 1. The van der Waals surface area contributed by atoms with E-state index >= 15 is 0 Å². The van der Waals surface area contributed by atoms with Crippen LogP contribution in [-0.2, 0) is 9.53 Å². The molecule has 5 fully saturated rings. The van der Waals surface area contributed by atoms with E-state index < -0.39 is 0 Å². The summed E-state index contributed by atoms with van der Waals surface area (Å²) in [6.07, 6.45) is 7.66. The summed E-state index contributed by atoms with van der Waals surface area (Å²) in [6, 6.07) is 7.81. The monoisotopic (exact) mass is 368 g/mol. The quantitative estimate of drug-likeness (QED) is 0.889. The lowest BCUT2D eigenvalue weighted by molar-refractivity contribution is -0.124. The second-order valence-corrected chi connectivity index (χ2v) is 8.96. The molecule has 1 N–H and O–H groups in total. The molecule has 2 unspecified atom stereocenters. The maximum absolute atomic E-state index is 13.3. The Morgan fingerprint density at radius 3 is 2.56 bits per heavy atom. The Labute approximate surface area is 160 Å². The number of amides is 2. The molecular weight excluding hydrogens is 340 g/mol. The summed E-state index contributed by atoms with van der Waals surface area (Å²) in [6.45, 7) is 1.55. The number of carbonyl (C=O) groups excluding carboxylic acids is 2. The second kappa shape index (κ2) is 6.93. The number of ether oxygens (including phenoxy) is 1. The van der Waals surface area contributed by atoms with Gasteiger partial charge in [0.15, 0.2) is 0 Å². The van der Waals surface area contributed by atoms with Crippen LogP contribution in [0.3, 0.4) is 0 Å². The molecule has 1 aromatic carbocycles. The SMILES string of the molecule is O=C(Nc1cccc(C(=O)N2CC3C[C@@H]4CC2C[C@H](C3)C4)c1)[C@H]1CCCO1. The Morgan fingerprint density at radius 2 is 1.81 bits per heavy atom. The Morgan fingerprint density at radius 1 is 1.04 bits per heavy atom. The van der Waals surface area contributed by atoms with E-state index in [4.69, 9.17) is 4.74 Å². The molecule has 3 saturated heterocycles. The number of nitrogens with zero attached hydrogens (tertiary/aromatic N) is 1. The minimum Gasteiger partial charge on any atom is -0.368 e. The van der Waals surface area contributed by atoms with Gasteiger partial charge in [-0.15, -0.1) is 0 Å². The van der Waals surface area contributed by atoms with Crippen molar-refractivity contribution in [3.05, 3.63) is 29.8 Å². The van der Waals surface area contributed by atoms with Crippen molar-refractivity contribution in [2.75, 3.05) is 18.5 Å². The number of hydrogen-bond donors (Lipinski definition) is 1. The van der Waals surface area contributed by atoms with Gasteiger partial charge >= 0.3 is 0 Å². The van der Waals surface area contributed by atoms with Gasteiger partial charge in [0, 0.05) is 30.4 Å². The van der Waals surface area contributed by atoms with E-state index in [2.05, 4.69) is 10.2 Å². The lowest BCUT2D eigenvalue weighted by Crippen LogP contribution is -2.42. The standard InChI is InChI=1S/C22H28N2O3/c25-21(20-5-2-6-27-20)23-18-4-1-3-17(12-18)22(26)24-13-16-8-14-7-15(9-16)11-19(24)10-14/h1,3-4,12,14-16,19-20H,2,5-11,13H2,(H,23,25)/t14-,15+,16?,19?,20-/m1/s1. The predicted octanol–water partition coefficient (Wildman–Crippen LogP) is 3.45. The Hall–Kier alpha value is -1.88. The van der Waals surface area contributed by atoms with Crippen LogP contribution < -0.4 is 5.32 Å². The molecule has 0 spiro atoms. The van der Waals surface area contributed by atoms with Gasteiger partial charge in [0.05, 0.1) is 0 Å². The molecule has 5 atom stereocenters. The third kappa shape index (κ3) is 3.38. The molecule has 5 heteroatoms. The van der Waals surface area contributed by atoms with Gasteiger partial charge in [-0.05, 0) is 80.9 Å². The summed E-state index contributed by atoms with van der Waals surface area (Å²) >= 11 is 0. The van der Waals surface area contributed by atoms with Gasteiger partial charge in [-0.25, -0.2) is 0 Å². The number of hydrogen-bond acceptors (Lipinski definition) is 3. The molecule has 1 aromatic rings. The van der Waals surface area contributed by atoms with Crippen molar-refractivity contribution in [2.24, 2.45) is 17.8 Å². The van der Waals surface area contributed by atoms with Crippen molar-refractivity contribution in [1.29, 1.82) is 0 Å². The highest BCUT2D eigenvalue weighted by atomic mass is 16.5. The zero-order valence-corrected chi connectivity index (χ0v) is 15.7. The molecule has 5 aliphatic rings. The molecule has 2 aliphatic carbocycles. The van der Waals surface area contributed by atoms with Crippen LogP contribution in [0.2, 0.25) is 0 Å². The van der Waals surface area contributed by atoms with Gasteiger partial charge < -0.3 is 15.0 Å². The first-order valence-corrected chi connectivity index (χ1v) is 10.5. The van der Waals surface area contributed by atoms with E-state index in [0.29, 0.717) is 29.8 Å². The van der Waals surface area contributed by atoms with E-state index in [1.807, 2.05) is 24.3 Å². The number of carbonyl (C=O) groups is 2. The first-order valence-electron chi connectivity index (χ1n) is 10.5. The molecule has 0 aromatic heterocycles. The van der Waals surface area contributed by atoms with Crippen molar-refractivity contribution in [3.8, 4) is 0 Å². The lowest BCUT2D eigenvalue weighted by Gasteiger charge is -2.39. The van der Waals surface area contributed by atoms with Gasteiger partial charge in [-0.3, -0.25) is 9.59 Å². The van der Waals surface area contributed by atoms with Crippen LogP contribution in [0.1, 0.15) is 55.3 Å². The molecule has 144 valence electrons. The first kappa shape index (κ1) is 17.2. The lowest BCUT2D eigenvalue weighted by atomic mass is 9.68. The summed E-state index contributed by atoms with van der Waals surface area (Å²) in [5.74, 6) is 2.33. The zero-order chi connectivity index (χ0) is 18.4. The molecule has 2 amide bonds. The largest absolute Gasteiger partial charge is 0.368 e. The van der Waals surface area contributed by atoms with Crippen molar-refractivity contribution >= 4 is 17.5 Å². The molecular formula is C22H28N2O3. The summed E-state index contributed by atoms with van der Waals surface area (Å²) in [5, 5.41) is 2.92. The van der Waals surface area contributed by atoms with Gasteiger partial charge in [0.1, 0.15) is 6.10 Å². The molecule has 27 heavy (non-hydrogen) atoms. The molecule has 5 nitrogen and oxygen atoms in total. The normalized spacial score (nSPS) is 34.5. The van der Waals surface area contributed by atoms with Crippen molar-refractivity contribution in [3.63, 3.8) is 0 Å². The van der Waals surface area contributed by atoms with Crippen LogP contribution in [-0.4, -0.2) is 42.0 Å². The molecule has 4 bridgehead atoms. The highest BCUT2D eigenvalue weighted by Crippen LogP contribution is 2.47. The van der Waals surface area contributed by atoms with Crippen molar-refractivity contribution in [1.82, 2.24) is 4.90 Å². The van der Waals surface area contributed by atoms with E-state index in [9.17, 15) is 9.59 Å². The van der Waals surface area contributed by atoms with E-state index in [1.165, 1.54) is 32.1 Å². The maximum atomic E-state index is 13.3.